The lowest BCUT2D eigenvalue weighted by molar-refractivity contribution is -0.139. The predicted octanol–water partition coefficient (Wildman–Crippen LogP) is 3.29. The van der Waals surface area contributed by atoms with E-state index in [2.05, 4.69) is 45.7 Å². The van der Waals surface area contributed by atoms with E-state index in [9.17, 15) is 9.59 Å². The number of nitrogens with one attached hydrogen (secondary N) is 2. The van der Waals surface area contributed by atoms with Crippen LogP contribution in [0.15, 0.2) is 42.5 Å². The molecule has 1 fully saturated rings. The summed E-state index contributed by atoms with van der Waals surface area (Å²) in [7, 11) is 2.12. The maximum Gasteiger partial charge on any atom is 0.309 e. The maximum absolute atomic E-state index is 12.5. The van der Waals surface area contributed by atoms with Gasteiger partial charge in [-0.2, -0.15) is 0 Å². The van der Waals surface area contributed by atoms with Gasteiger partial charge in [0.05, 0.1) is 6.04 Å². The molecule has 2 heterocycles. The van der Waals surface area contributed by atoms with Gasteiger partial charge in [-0.05, 0) is 67.2 Å². The van der Waals surface area contributed by atoms with Crippen LogP contribution in [-0.2, 0) is 22.6 Å². The number of hydrogen-bond donors (Lipinski definition) is 2. The molecule has 1 saturated heterocycles. The van der Waals surface area contributed by atoms with E-state index in [1.165, 1.54) is 36.1 Å². The van der Waals surface area contributed by atoms with Crippen LogP contribution < -0.4 is 15.5 Å². The second-order valence-corrected chi connectivity index (χ2v) is 9.13. The number of benzene rings is 2. The topological polar surface area (TPSA) is 64.7 Å². The van der Waals surface area contributed by atoms with Gasteiger partial charge in [-0.3, -0.25) is 14.5 Å². The summed E-state index contributed by atoms with van der Waals surface area (Å²) in [4.78, 5) is 29.5. The molecule has 0 spiro atoms. The van der Waals surface area contributed by atoms with Gasteiger partial charge in [0, 0.05) is 37.4 Å². The van der Waals surface area contributed by atoms with Crippen molar-refractivity contribution in [2.24, 2.45) is 0 Å². The Bertz CT molecular complexity index is 957. The number of nitrogens with zero attached hydrogens (tertiary/aromatic N) is 2. The van der Waals surface area contributed by atoms with Crippen LogP contribution in [0.2, 0.25) is 5.02 Å². The average Bonchev–Trinajstić information content (AvgIpc) is 3.19. The number of halogens is 1. The third-order valence-corrected chi connectivity index (χ3v) is 6.73. The number of rotatable bonds is 6. The predicted molar refractivity (Wildman–Crippen MR) is 128 cm³/mol. The molecule has 0 saturated carbocycles. The molecule has 2 aromatic carbocycles. The first-order valence-electron chi connectivity index (χ1n) is 11.4. The Kier molecular flexibility index (Phi) is 7.33. The van der Waals surface area contributed by atoms with Crippen molar-refractivity contribution in [2.75, 3.05) is 38.1 Å². The van der Waals surface area contributed by atoms with E-state index in [-0.39, 0.29) is 12.6 Å². The van der Waals surface area contributed by atoms with Gasteiger partial charge in [0.1, 0.15) is 0 Å². The zero-order valence-electron chi connectivity index (χ0n) is 18.6. The first-order chi connectivity index (χ1) is 15.5. The molecule has 2 aromatic rings. The molecule has 4 rings (SSSR count). The number of anilines is 1. The van der Waals surface area contributed by atoms with Gasteiger partial charge in [-0.1, -0.05) is 42.3 Å². The summed E-state index contributed by atoms with van der Waals surface area (Å²) >= 11 is 5.89. The molecule has 32 heavy (non-hydrogen) atoms. The summed E-state index contributed by atoms with van der Waals surface area (Å²) in [6.07, 6.45) is 4.63. The van der Waals surface area contributed by atoms with Crippen molar-refractivity contribution in [3.05, 3.63) is 64.2 Å². The van der Waals surface area contributed by atoms with Gasteiger partial charge < -0.3 is 15.5 Å². The lowest BCUT2D eigenvalue weighted by atomic mass is 9.98. The van der Waals surface area contributed by atoms with E-state index in [1.54, 1.807) is 12.1 Å². The summed E-state index contributed by atoms with van der Waals surface area (Å²) in [6, 6.07) is 13.9. The number of piperidine rings is 1. The van der Waals surface area contributed by atoms with Crippen molar-refractivity contribution in [1.29, 1.82) is 0 Å². The molecule has 1 atom stereocenters. The van der Waals surface area contributed by atoms with E-state index in [1.807, 2.05) is 12.1 Å². The monoisotopic (exact) mass is 454 g/mol. The molecule has 0 aliphatic carbocycles. The quantitative estimate of drug-likeness (QED) is 0.657. The third kappa shape index (κ3) is 5.43. The Morgan fingerprint density at radius 2 is 1.69 bits per heavy atom. The number of amides is 2. The highest BCUT2D eigenvalue weighted by Gasteiger charge is 2.26. The summed E-state index contributed by atoms with van der Waals surface area (Å²) < 4.78 is 0. The Balaban J connectivity index is 1.39. The van der Waals surface area contributed by atoms with Crippen LogP contribution in [0.5, 0.6) is 0 Å². The van der Waals surface area contributed by atoms with Crippen molar-refractivity contribution in [3.63, 3.8) is 0 Å². The minimum Gasteiger partial charge on any atom is -0.374 e. The molecular weight excluding hydrogens is 424 g/mol. The van der Waals surface area contributed by atoms with Crippen LogP contribution >= 0.6 is 11.6 Å². The summed E-state index contributed by atoms with van der Waals surface area (Å²) in [5.41, 5.74) is 4.75. The highest BCUT2D eigenvalue weighted by molar-refractivity contribution is 6.35. The van der Waals surface area contributed by atoms with Gasteiger partial charge in [0.15, 0.2) is 0 Å². The fourth-order valence-electron chi connectivity index (χ4n) is 4.62. The van der Waals surface area contributed by atoms with Gasteiger partial charge in [-0.15, -0.1) is 0 Å². The number of likely N-dealkylation sites (N-methyl/N-ethyl adjacent to an activating group) is 1. The largest absolute Gasteiger partial charge is 0.374 e. The Morgan fingerprint density at radius 3 is 2.44 bits per heavy atom. The molecule has 2 aliphatic rings. The van der Waals surface area contributed by atoms with Crippen LogP contribution in [0.25, 0.3) is 0 Å². The van der Waals surface area contributed by atoms with E-state index in [0.717, 1.165) is 31.6 Å². The van der Waals surface area contributed by atoms with Crippen LogP contribution in [0.1, 0.15) is 42.0 Å². The number of hydrogen-bond acceptors (Lipinski definition) is 4. The van der Waals surface area contributed by atoms with E-state index >= 15 is 0 Å². The molecule has 0 aromatic heterocycles. The minimum absolute atomic E-state index is 0.0690. The zero-order chi connectivity index (χ0) is 22.5. The lowest BCUT2D eigenvalue weighted by Crippen LogP contribution is -2.45. The highest BCUT2D eigenvalue weighted by Crippen LogP contribution is 2.32. The molecule has 7 heteroatoms. The fraction of sp³-hybridized carbons (Fsp3) is 0.440. The molecule has 0 unspecified atom stereocenters. The lowest BCUT2D eigenvalue weighted by Gasteiger charge is -2.35. The molecule has 2 aliphatic heterocycles. The molecule has 6 nitrogen and oxygen atoms in total. The first kappa shape index (κ1) is 22.6. The molecule has 0 bridgehead atoms. The van der Waals surface area contributed by atoms with Crippen molar-refractivity contribution in [1.82, 2.24) is 15.5 Å². The molecular formula is C25H31ClN4O2. The van der Waals surface area contributed by atoms with Crippen LogP contribution in [0.4, 0.5) is 5.69 Å². The summed E-state index contributed by atoms with van der Waals surface area (Å²) in [6.45, 7) is 3.78. The first-order valence-corrected chi connectivity index (χ1v) is 11.8. The Hall–Kier alpha value is -2.57. The highest BCUT2D eigenvalue weighted by atomic mass is 35.5. The SMILES string of the molecule is CN1CCc2cc([C@H](CNC(=O)C(=O)NCc3ccc(Cl)cc3)N3CCCCC3)ccc21. The van der Waals surface area contributed by atoms with Crippen molar-refractivity contribution >= 4 is 29.1 Å². The normalized spacial score (nSPS) is 17.0. The van der Waals surface area contributed by atoms with Crippen molar-refractivity contribution in [2.45, 2.75) is 38.3 Å². The smallest absolute Gasteiger partial charge is 0.309 e. The Labute approximate surface area is 194 Å². The van der Waals surface area contributed by atoms with Gasteiger partial charge in [0.25, 0.3) is 0 Å². The van der Waals surface area contributed by atoms with Crippen LogP contribution in [0.3, 0.4) is 0 Å². The summed E-state index contributed by atoms with van der Waals surface area (Å²) in [5, 5.41) is 6.20. The molecule has 2 N–H and O–H groups in total. The van der Waals surface area contributed by atoms with E-state index in [0.29, 0.717) is 11.6 Å². The average molecular weight is 455 g/mol. The standard InChI is InChI=1S/C25H31ClN4O2/c1-29-14-11-20-15-19(7-10-22(20)29)23(30-12-3-2-4-13-30)17-28-25(32)24(31)27-16-18-5-8-21(26)9-6-18/h5-10,15,23H,2-4,11-14,16-17H2,1H3,(H,27,31)(H,28,32)/t23-/m0/s1. The maximum atomic E-state index is 12.5. The number of carbonyl (C=O) groups is 2. The second kappa shape index (κ2) is 10.4. The minimum atomic E-state index is -0.618. The number of fused-ring (bicyclic) bond motifs is 1. The molecule has 0 radical (unpaired) electrons. The zero-order valence-corrected chi connectivity index (χ0v) is 19.3. The van der Waals surface area contributed by atoms with Crippen molar-refractivity contribution < 1.29 is 9.59 Å². The third-order valence-electron chi connectivity index (χ3n) is 6.48. The second-order valence-electron chi connectivity index (χ2n) is 8.69. The fourth-order valence-corrected chi connectivity index (χ4v) is 4.74. The van der Waals surface area contributed by atoms with Gasteiger partial charge in [0.2, 0.25) is 0 Å². The number of carbonyl (C=O) groups excluding carboxylic acids is 2. The van der Waals surface area contributed by atoms with Crippen LogP contribution in [0, 0.1) is 0 Å². The van der Waals surface area contributed by atoms with E-state index < -0.39 is 11.8 Å². The van der Waals surface area contributed by atoms with Crippen LogP contribution in [-0.4, -0.2) is 49.9 Å². The number of likely N-dealkylation sites (tertiary alicyclic amines) is 1. The molecule has 170 valence electrons. The Morgan fingerprint density at radius 1 is 0.969 bits per heavy atom. The van der Waals surface area contributed by atoms with Gasteiger partial charge >= 0.3 is 11.8 Å². The van der Waals surface area contributed by atoms with Crippen molar-refractivity contribution in [3.8, 4) is 0 Å². The summed E-state index contributed by atoms with van der Waals surface area (Å²) in [5.74, 6) is -1.21. The van der Waals surface area contributed by atoms with Gasteiger partial charge in [-0.25, -0.2) is 0 Å². The molecule has 2 amide bonds. The van der Waals surface area contributed by atoms with E-state index in [4.69, 9.17) is 11.6 Å².